The topological polar surface area (TPSA) is 83.0 Å². The number of nitrogens with zero attached hydrogens (tertiary/aromatic N) is 4. The van der Waals surface area contributed by atoms with Gasteiger partial charge in [-0.25, -0.2) is 13.2 Å². The zero-order valence-electron chi connectivity index (χ0n) is 28.0. The summed E-state index contributed by atoms with van der Waals surface area (Å²) in [6, 6.07) is 7.71. The quantitative estimate of drug-likeness (QED) is 0.215. The molecule has 11 heteroatoms. The minimum atomic E-state index is -1.09. The molecule has 2 atom stereocenters. The summed E-state index contributed by atoms with van der Waals surface area (Å²) in [7, 11) is 0. The highest BCUT2D eigenvalue weighted by molar-refractivity contribution is 6.03. The lowest BCUT2D eigenvalue weighted by atomic mass is 9.87. The Morgan fingerprint density at radius 3 is 2.51 bits per heavy atom. The Labute approximate surface area is 283 Å². The van der Waals surface area contributed by atoms with Crippen LogP contribution >= 0.6 is 0 Å². The minimum absolute atomic E-state index is 0.00661. The molecule has 4 aromatic rings. The van der Waals surface area contributed by atoms with E-state index in [1.807, 2.05) is 19.9 Å². The largest absolute Gasteiger partial charge is 0.508 e. The molecule has 5 fully saturated rings. The van der Waals surface area contributed by atoms with Gasteiger partial charge in [-0.05, 0) is 85.2 Å². The molecular weight excluding hydrogens is 631 g/mol. The van der Waals surface area contributed by atoms with Crippen molar-refractivity contribution in [3.63, 3.8) is 0 Å². The molecule has 0 amide bonds. The Morgan fingerprint density at radius 2 is 1.80 bits per heavy atom. The van der Waals surface area contributed by atoms with E-state index < -0.39 is 17.5 Å². The molecule has 4 heterocycles. The van der Waals surface area contributed by atoms with E-state index in [1.165, 1.54) is 18.2 Å². The van der Waals surface area contributed by atoms with Crippen LogP contribution in [-0.2, 0) is 4.74 Å². The zero-order chi connectivity index (χ0) is 33.7. The third-order valence-electron chi connectivity index (χ3n) is 11.5. The van der Waals surface area contributed by atoms with Crippen LogP contribution in [-0.4, -0.2) is 83.6 Å². The van der Waals surface area contributed by atoms with Crippen LogP contribution in [0.15, 0.2) is 30.3 Å². The maximum Gasteiger partial charge on any atom is 0.319 e. The van der Waals surface area contributed by atoms with Crippen molar-refractivity contribution in [2.45, 2.75) is 76.0 Å². The first-order valence-corrected chi connectivity index (χ1v) is 17.7. The lowest BCUT2D eigenvalue weighted by Crippen LogP contribution is -2.51. The number of rotatable bonds is 8. The lowest BCUT2D eigenvalue weighted by Gasteiger charge is -2.35. The highest BCUT2D eigenvalue weighted by Crippen LogP contribution is 2.49. The number of anilines is 1. The maximum atomic E-state index is 17.3. The molecule has 49 heavy (non-hydrogen) atoms. The summed E-state index contributed by atoms with van der Waals surface area (Å²) < 4.78 is 59.9. The van der Waals surface area contributed by atoms with E-state index in [4.69, 9.17) is 19.4 Å². The number of ether oxygens (including phenoxy) is 2. The van der Waals surface area contributed by atoms with Crippen LogP contribution < -0.4 is 15.0 Å². The normalized spacial score (nSPS) is 24.0. The molecule has 2 unspecified atom stereocenters. The molecule has 2 aliphatic carbocycles. The van der Waals surface area contributed by atoms with Gasteiger partial charge >= 0.3 is 6.01 Å². The van der Waals surface area contributed by atoms with Crippen LogP contribution in [0.5, 0.6) is 11.8 Å². The second-order valence-electron chi connectivity index (χ2n) is 15.6. The average molecular weight is 674 g/mol. The minimum Gasteiger partial charge on any atom is -0.508 e. The molecule has 1 aromatic heterocycles. The number of fused-ring (bicyclic) bond motifs is 4. The van der Waals surface area contributed by atoms with E-state index in [9.17, 15) is 9.50 Å². The summed E-state index contributed by atoms with van der Waals surface area (Å²) in [6.07, 6.45) is 6.48. The summed E-state index contributed by atoms with van der Waals surface area (Å²) in [5.74, 6) is -2.55. The van der Waals surface area contributed by atoms with Gasteiger partial charge in [-0.15, -0.1) is 0 Å². The first kappa shape index (κ1) is 31.3. The Balaban J connectivity index is 1.15. The van der Waals surface area contributed by atoms with Gasteiger partial charge in [-0.2, -0.15) is 9.97 Å². The van der Waals surface area contributed by atoms with Crippen molar-refractivity contribution >= 4 is 27.5 Å². The number of morpholine rings is 1. The number of benzene rings is 3. The van der Waals surface area contributed by atoms with Crippen LogP contribution in [0.25, 0.3) is 32.8 Å². The first-order chi connectivity index (χ1) is 23.6. The number of hydrogen-bond acceptors (Lipinski definition) is 8. The van der Waals surface area contributed by atoms with E-state index in [0.29, 0.717) is 35.5 Å². The molecule has 8 nitrogen and oxygen atoms in total. The number of aromatic nitrogens is 2. The second kappa shape index (κ2) is 11.4. The molecule has 1 spiro atoms. The maximum absolute atomic E-state index is 17.3. The monoisotopic (exact) mass is 673 g/mol. The highest BCUT2D eigenvalue weighted by Gasteiger charge is 2.51. The summed E-state index contributed by atoms with van der Waals surface area (Å²) in [5.41, 5.74) is 0.861. The van der Waals surface area contributed by atoms with Crippen LogP contribution in [0.1, 0.15) is 63.9 Å². The lowest BCUT2D eigenvalue weighted by molar-refractivity contribution is -0.0532. The van der Waals surface area contributed by atoms with Crippen molar-refractivity contribution in [3.8, 4) is 22.9 Å². The highest BCUT2D eigenvalue weighted by atomic mass is 19.2. The van der Waals surface area contributed by atoms with Crippen LogP contribution in [0.4, 0.5) is 19.0 Å². The van der Waals surface area contributed by atoms with Gasteiger partial charge in [0.15, 0.2) is 17.5 Å². The molecule has 2 bridgehead atoms. The number of piperazine rings is 1. The van der Waals surface area contributed by atoms with Crippen LogP contribution in [0.3, 0.4) is 0 Å². The molecule has 258 valence electrons. The fourth-order valence-corrected chi connectivity index (χ4v) is 8.51. The molecule has 9 rings (SSSR count). The predicted molar refractivity (Wildman–Crippen MR) is 182 cm³/mol. The number of halogens is 3. The Bertz CT molecular complexity index is 1970. The predicted octanol–water partition coefficient (Wildman–Crippen LogP) is 6.66. The van der Waals surface area contributed by atoms with E-state index >= 15 is 8.78 Å². The van der Waals surface area contributed by atoms with Gasteiger partial charge < -0.3 is 24.8 Å². The van der Waals surface area contributed by atoms with Gasteiger partial charge in [0.25, 0.3) is 0 Å². The molecule has 2 saturated carbocycles. The smallest absolute Gasteiger partial charge is 0.319 e. The third-order valence-corrected chi connectivity index (χ3v) is 11.5. The Morgan fingerprint density at radius 1 is 1.02 bits per heavy atom. The van der Waals surface area contributed by atoms with Gasteiger partial charge in [0.2, 0.25) is 0 Å². The molecular formula is C38H42F3N5O3. The number of phenols is 1. The van der Waals surface area contributed by atoms with E-state index in [-0.39, 0.29) is 56.1 Å². The number of hydrogen-bond donors (Lipinski definition) is 2. The zero-order valence-corrected chi connectivity index (χ0v) is 28.0. The standard InChI is InChI=1S/C38H42F3N5O3/c1-21(2)26-15-28-34(33(41)31(26)27-14-25(47)13-22-3-6-29(39)32(40)30(22)27)43-36(44-35(28)46-16-23-4-5-24(17-46)42-23)48-20-37(7-8-37)18-45-11-12-49-38(19-45)9-10-38/h3,6,13-15,21,23-24,42,47H,4-5,7-12,16-20H2,1-2H3. The van der Waals surface area contributed by atoms with Gasteiger partial charge in [-0.1, -0.05) is 19.9 Å². The fourth-order valence-electron chi connectivity index (χ4n) is 8.51. The molecule has 0 radical (unpaired) electrons. The van der Waals surface area contributed by atoms with Crippen molar-refractivity contribution in [1.82, 2.24) is 20.2 Å². The number of aromatic hydroxyl groups is 1. The van der Waals surface area contributed by atoms with Crippen molar-refractivity contribution in [2.75, 3.05) is 50.8 Å². The fraction of sp³-hybridized carbons (Fsp3) is 0.526. The molecule has 3 aromatic carbocycles. The van der Waals surface area contributed by atoms with Crippen LogP contribution in [0, 0.1) is 22.9 Å². The number of phenolic OH excluding ortho intramolecular Hbond substituents is 1. The van der Waals surface area contributed by atoms with Crippen molar-refractivity contribution < 1.29 is 27.8 Å². The molecule has 5 aliphatic rings. The molecule has 3 aliphatic heterocycles. The van der Waals surface area contributed by atoms with Gasteiger partial charge in [0, 0.05) is 66.6 Å². The second-order valence-corrected chi connectivity index (χ2v) is 15.6. The van der Waals surface area contributed by atoms with Crippen LogP contribution in [0.2, 0.25) is 0 Å². The third kappa shape index (κ3) is 5.58. The average Bonchev–Trinajstić information content (AvgIpc) is 4.00. The summed E-state index contributed by atoms with van der Waals surface area (Å²) in [6.45, 7) is 9.29. The van der Waals surface area contributed by atoms with E-state index in [1.54, 1.807) is 0 Å². The van der Waals surface area contributed by atoms with Gasteiger partial charge in [0.05, 0.1) is 18.8 Å². The molecule has 3 saturated heterocycles. The summed E-state index contributed by atoms with van der Waals surface area (Å²) >= 11 is 0. The van der Waals surface area contributed by atoms with Gasteiger partial charge in [0.1, 0.15) is 17.1 Å². The summed E-state index contributed by atoms with van der Waals surface area (Å²) in [4.78, 5) is 14.4. The van der Waals surface area contributed by atoms with Crippen molar-refractivity contribution in [1.29, 1.82) is 0 Å². The van der Waals surface area contributed by atoms with Crippen molar-refractivity contribution in [2.24, 2.45) is 5.41 Å². The Kier molecular flexibility index (Phi) is 7.31. The molecule has 2 N–H and O–H groups in total. The van der Waals surface area contributed by atoms with E-state index in [2.05, 4.69) is 15.1 Å². The number of nitrogens with one attached hydrogen (secondary N) is 1. The van der Waals surface area contributed by atoms with Crippen molar-refractivity contribution in [3.05, 3.63) is 53.3 Å². The first-order valence-electron chi connectivity index (χ1n) is 17.7. The van der Waals surface area contributed by atoms with E-state index in [0.717, 1.165) is 83.9 Å². The van der Waals surface area contributed by atoms with Gasteiger partial charge in [-0.3, -0.25) is 4.90 Å². The summed E-state index contributed by atoms with van der Waals surface area (Å²) in [5, 5.41) is 15.1. The SMILES string of the molecule is CC(C)c1cc2c(N3CC4CCC(C3)N4)nc(OCC3(CN4CCOC5(CC5)C4)CC3)nc2c(F)c1-c1cc(O)cc2ccc(F)c(F)c12. The Hall–Kier alpha value is -3.67.